The van der Waals surface area contributed by atoms with Crippen LogP contribution in [0.3, 0.4) is 0 Å². The van der Waals surface area contributed by atoms with Crippen LogP contribution < -0.4 is 10.1 Å². The summed E-state index contributed by atoms with van der Waals surface area (Å²) in [6.45, 7) is 6.03. The summed E-state index contributed by atoms with van der Waals surface area (Å²) in [7, 11) is 1.88. The van der Waals surface area contributed by atoms with Gasteiger partial charge in [0.1, 0.15) is 5.75 Å². The van der Waals surface area contributed by atoms with E-state index in [1.807, 2.05) is 74.9 Å². The van der Waals surface area contributed by atoms with Gasteiger partial charge in [-0.3, -0.25) is 4.79 Å². The molecule has 146 valence electrons. The van der Waals surface area contributed by atoms with E-state index in [1.54, 1.807) is 0 Å². The molecule has 3 rings (SSSR count). The predicted molar refractivity (Wildman–Crippen MR) is 112 cm³/mol. The largest absolute Gasteiger partial charge is 0.483 e. The molecule has 0 aliphatic rings. The molecular weight excluding hydrogens is 372 g/mol. The van der Waals surface area contributed by atoms with Crippen LogP contribution in [0.15, 0.2) is 53.7 Å². The Balaban J connectivity index is 1.60. The first-order valence-electron chi connectivity index (χ1n) is 9.04. The standard InChI is InChI=1S/C21H24N4O2S/c1-14-10-15(2)12-18(11-14)27-16(3)20-23-24-21(25(20)4)28-13-19(26)22-17-8-6-5-7-9-17/h5-12,16H,13H2,1-4H3,(H,22,26). The first kappa shape index (κ1) is 19.9. The van der Waals surface area contributed by atoms with Crippen molar-refractivity contribution in [1.29, 1.82) is 0 Å². The highest BCUT2D eigenvalue weighted by Gasteiger charge is 2.18. The zero-order valence-corrected chi connectivity index (χ0v) is 17.3. The van der Waals surface area contributed by atoms with Crippen LogP contribution in [0.2, 0.25) is 0 Å². The lowest BCUT2D eigenvalue weighted by atomic mass is 10.1. The van der Waals surface area contributed by atoms with Gasteiger partial charge in [0.05, 0.1) is 5.75 Å². The van der Waals surface area contributed by atoms with Gasteiger partial charge in [0.25, 0.3) is 0 Å². The second kappa shape index (κ2) is 8.93. The zero-order valence-electron chi connectivity index (χ0n) is 16.5. The van der Waals surface area contributed by atoms with Gasteiger partial charge in [-0.15, -0.1) is 10.2 Å². The van der Waals surface area contributed by atoms with Crippen molar-refractivity contribution in [3.63, 3.8) is 0 Å². The molecule has 1 atom stereocenters. The monoisotopic (exact) mass is 396 g/mol. The molecule has 28 heavy (non-hydrogen) atoms. The van der Waals surface area contributed by atoms with E-state index in [0.717, 1.165) is 22.6 Å². The molecule has 1 aromatic heterocycles. The summed E-state index contributed by atoms with van der Waals surface area (Å²) in [6.07, 6.45) is -0.258. The third kappa shape index (κ3) is 5.13. The maximum Gasteiger partial charge on any atom is 0.234 e. The topological polar surface area (TPSA) is 69.0 Å². The molecule has 0 spiro atoms. The van der Waals surface area contributed by atoms with Crippen molar-refractivity contribution >= 4 is 23.4 Å². The molecule has 1 heterocycles. The Kier molecular flexibility index (Phi) is 6.36. The molecule has 0 saturated heterocycles. The van der Waals surface area contributed by atoms with Crippen LogP contribution in [-0.4, -0.2) is 26.4 Å². The number of ether oxygens (including phenoxy) is 1. The van der Waals surface area contributed by atoms with Crippen molar-refractivity contribution in [3.8, 4) is 5.75 Å². The van der Waals surface area contributed by atoms with Crippen molar-refractivity contribution in [3.05, 3.63) is 65.5 Å². The summed E-state index contributed by atoms with van der Waals surface area (Å²) in [4.78, 5) is 12.1. The second-order valence-electron chi connectivity index (χ2n) is 6.69. The summed E-state index contributed by atoms with van der Waals surface area (Å²) < 4.78 is 7.92. The number of benzene rings is 2. The van der Waals surface area contributed by atoms with Crippen LogP contribution in [0.25, 0.3) is 0 Å². The number of thioether (sulfide) groups is 1. The van der Waals surface area contributed by atoms with Crippen LogP contribution in [0.1, 0.15) is 30.0 Å². The van der Waals surface area contributed by atoms with E-state index < -0.39 is 0 Å². The smallest absolute Gasteiger partial charge is 0.234 e. The van der Waals surface area contributed by atoms with E-state index in [0.29, 0.717) is 11.0 Å². The highest BCUT2D eigenvalue weighted by atomic mass is 32.2. The summed E-state index contributed by atoms with van der Waals surface area (Å²) >= 11 is 1.35. The van der Waals surface area contributed by atoms with Crippen LogP contribution in [0, 0.1) is 13.8 Å². The Hall–Kier alpha value is -2.80. The van der Waals surface area contributed by atoms with Gasteiger partial charge >= 0.3 is 0 Å². The third-order valence-corrected chi connectivity index (χ3v) is 5.15. The van der Waals surface area contributed by atoms with Gasteiger partial charge in [-0.2, -0.15) is 0 Å². The van der Waals surface area contributed by atoms with Gasteiger partial charge in [0.2, 0.25) is 5.91 Å². The number of rotatable bonds is 7. The molecule has 0 aliphatic carbocycles. The predicted octanol–water partition coefficient (Wildman–Crippen LogP) is 4.30. The van der Waals surface area contributed by atoms with E-state index in [1.165, 1.54) is 11.8 Å². The van der Waals surface area contributed by atoms with Crippen LogP contribution in [0.4, 0.5) is 5.69 Å². The molecule has 0 saturated carbocycles. The molecule has 1 unspecified atom stereocenters. The number of hydrogen-bond acceptors (Lipinski definition) is 5. The summed E-state index contributed by atoms with van der Waals surface area (Å²) in [6, 6.07) is 15.5. The Morgan fingerprint density at radius 3 is 2.50 bits per heavy atom. The minimum absolute atomic E-state index is 0.0831. The highest BCUT2D eigenvalue weighted by Crippen LogP contribution is 2.25. The quantitative estimate of drug-likeness (QED) is 0.603. The second-order valence-corrected chi connectivity index (χ2v) is 7.63. The van der Waals surface area contributed by atoms with Crippen molar-refractivity contribution in [2.24, 2.45) is 7.05 Å². The Bertz CT molecular complexity index is 936. The lowest BCUT2D eigenvalue weighted by Gasteiger charge is -2.15. The Morgan fingerprint density at radius 2 is 1.82 bits per heavy atom. The molecule has 2 aromatic carbocycles. The number of aromatic nitrogens is 3. The average Bonchev–Trinajstić information content (AvgIpc) is 3.00. The normalized spacial score (nSPS) is 11.9. The number of aryl methyl sites for hydroxylation is 2. The van der Waals surface area contributed by atoms with E-state index in [9.17, 15) is 4.79 Å². The molecule has 3 aromatic rings. The molecule has 1 amide bonds. The fourth-order valence-corrected chi connectivity index (χ4v) is 3.63. The SMILES string of the molecule is Cc1cc(C)cc(OC(C)c2nnc(SCC(=O)Nc3ccccc3)n2C)c1. The van der Waals surface area contributed by atoms with Gasteiger partial charge in [-0.25, -0.2) is 0 Å². The van der Waals surface area contributed by atoms with E-state index in [4.69, 9.17) is 4.74 Å². The fourth-order valence-electron chi connectivity index (χ4n) is 2.91. The van der Waals surface area contributed by atoms with Crippen molar-refractivity contribution < 1.29 is 9.53 Å². The first-order valence-corrected chi connectivity index (χ1v) is 10.0. The van der Waals surface area contributed by atoms with Gasteiger partial charge in [-0.1, -0.05) is 36.0 Å². The van der Waals surface area contributed by atoms with Crippen LogP contribution in [0.5, 0.6) is 5.75 Å². The molecule has 0 radical (unpaired) electrons. The molecule has 0 fully saturated rings. The van der Waals surface area contributed by atoms with Gasteiger partial charge in [0.15, 0.2) is 17.1 Å². The maximum atomic E-state index is 12.1. The lowest BCUT2D eigenvalue weighted by molar-refractivity contribution is -0.113. The molecule has 0 aliphatic heterocycles. The zero-order chi connectivity index (χ0) is 20.1. The van der Waals surface area contributed by atoms with E-state index in [2.05, 4.69) is 21.6 Å². The molecule has 1 N–H and O–H groups in total. The fraction of sp³-hybridized carbons (Fsp3) is 0.286. The van der Waals surface area contributed by atoms with Crippen molar-refractivity contribution in [1.82, 2.24) is 14.8 Å². The number of carbonyl (C=O) groups excluding carboxylic acids is 1. The highest BCUT2D eigenvalue weighted by molar-refractivity contribution is 7.99. The van der Waals surface area contributed by atoms with Gasteiger partial charge < -0.3 is 14.6 Å². The summed E-state index contributed by atoms with van der Waals surface area (Å²) in [5, 5.41) is 12.0. The third-order valence-electron chi connectivity index (χ3n) is 4.13. The first-order chi connectivity index (χ1) is 13.4. The number of hydrogen-bond donors (Lipinski definition) is 1. The lowest BCUT2D eigenvalue weighted by Crippen LogP contribution is -2.14. The molecule has 0 bridgehead atoms. The van der Waals surface area contributed by atoms with Crippen LogP contribution in [-0.2, 0) is 11.8 Å². The number of carbonyl (C=O) groups is 1. The minimum Gasteiger partial charge on any atom is -0.483 e. The van der Waals surface area contributed by atoms with Crippen molar-refractivity contribution in [2.45, 2.75) is 32.0 Å². The molecular formula is C21H24N4O2S. The number of para-hydroxylation sites is 1. The summed E-state index contributed by atoms with van der Waals surface area (Å²) in [5.74, 6) is 1.70. The molecule has 7 heteroatoms. The number of anilines is 1. The van der Waals surface area contributed by atoms with Gasteiger partial charge in [-0.05, 0) is 56.2 Å². The Labute approximate surface area is 169 Å². The minimum atomic E-state index is -0.258. The number of amides is 1. The summed E-state index contributed by atoms with van der Waals surface area (Å²) in [5.41, 5.74) is 3.09. The van der Waals surface area contributed by atoms with Crippen molar-refractivity contribution in [2.75, 3.05) is 11.1 Å². The van der Waals surface area contributed by atoms with Crippen LogP contribution >= 0.6 is 11.8 Å². The Morgan fingerprint density at radius 1 is 1.14 bits per heavy atom. The molecule has 6 nitrogen and oxygen atoms in total. The van der Waals surface area contributed by atoms with E-state index in [-0.39, 0.29) is 17.8 Å². The van der Waals surface area contributed by atoms with Gasteiger partial charge in [0, 0.05) is 12.7 Å². The average molecular weight is 397 g/mol. The number of nitrogens with one attached hydrogen (secondary N) is 1. The maximum absolute atomic E-state index is 12.1. The number of nitrogens with zero attached hydrogens (tertiary/aromatic N) is 3. The van der Waals surface area contributed by atoms with E-state index >= 15 is 0 Å².